The van der Waals surface area contributed by atoms with E-state index in [4.69, 9.17) is 4.74 Å². The first-order chi connectivity index (χ1) is 12.7. The number of hydrogen-bond donors (Lipinski definition) is 2. The van der Waals surface area contributed by atoms with Gasteiger partial charge in [0, 0.05) is 25.2 Å². The smallest absolute Gasteiger partial charge is 0.269 e. The minimum atomic E-state index is -0.366. The molecule has 0 radical (unpaired) electrons. The number of nitro groups is 1. The molecule has 1 aromatic carbocycles. The Bertz CT molecular complexity index is 632. The van der Waals surface area contributed by atoms with Gasteiger partial charge in [-0.15, -0.1) is 0 Å². The Balaban J connectivity index is 1.40. The van der Waals surface area contributed by atoms with E-state index >= 15 is 0 Å². The highest BCUT2D eigenvalue weighted by Gasteiger charge is 2.41. The van der Waals surface area contributed by atoms with E-state index in [9.17, 15) is 10.1 Å². The van der Waals surface area contributed by atoms with Gasteiger partial charge in [0.2, 0.25) is 0 Å². The normalized spacial score (nSPS) is 24.7. The van der Waals surface area contributed by atoms with Gasteiger partial charge in [-0.3, -0.25) is 15.1 Å². The number of guanidine groups is 1. The molecule has 0 aliphatic carbocycles. The van der Waals surface area contributed by atoms with Crippen LogP contribution in [0.25, 0.3) is 0 Å². The van der Waals surface area contributed by atoms with Crippen LogP contribution in [0.15, 0.2) is 29.3 Å². The van der Waals surface area contributed by atoms with E-state index in [1.165, 1.54) is 6.42 Å². The molecule has 0 saturated carbocycles. The van der Waals surface area contributed by atoms with Crippen LogP contribution in [0.3, 0.4) is 0 Å². The molecule has 2 heterocycles. The van der Waals surface area contributed by atoms with Gasteiger partial charge in [-0.25, -0.2) is 0 Å². The highest BCUT2D eigenvalue weighted by molar-refractivity contribution is 5.80. The van der Waals surface area contributed by atoms with Crippen molar-refractivity contribution in [3.05, 3.63) is 39.9 Å². The molecule has 2 aliphatic heterocycles. The van der Waals surface area contributed by atoms with Crippen LogP contribution < -0.4 is 10.6 Å². The van der Waals surface area contributed by atoms with Gasteiger partial charge in [0.05, 0.1) is 23.2 Å². The predicted octanol–water partition coefficient (Wildman–Crippen LogP) is 2.79. The molecule has 142 valence electrons. The van der Waals surface area contributed by atoms with Crippen molar-refractivity contribution in [1.82, 2.24) is 10.6 Å². The summed E-state index contributed by atoms with van der Waals surface area (Å²) >= 11 is 0. The standard InChI is InChI=1S/C19H28N4O3/c1-2-20-19(22-17-13-16-10-11-18(17)26-16)21-12-4-3-5-14-6-8-15(9-7-14)23(24)25/h6-9,16-18H,2-5,10-13H2,1H3,(H2,20,21,22). The van der Waals surface area contributed by atoms with Crippen molar-refractivity contribution in [3.63, 3.8) is 0 Å². The summed E-state index contributed by atoms with van der Waals surface area (Å²) in [4.78, 5) is 15.0. The summed E-state index contributed by atoms with van der Waals surface area (Å²) in [5.74, 6) is 0.879. The molecule has 0 aromatic heterocycles. The Hall–Kier alpha value is -2.15. The quantitative estimate of drug-likeness (QED) is 0.245. The first kappa shape index (κ1) is 18.6. The molecule has 0 spiro atoms. The third kappa shape index (κ3) is 4.94. The van der Waals surface area contributed by atoms with Crippen LogP contribution in [0.1, 0.15) is 44.6 Å². The second-order valence-corrected chi connectivity index (χ2v) is 7.00. The topological polar surface area (TPSA) is 88.8 Å². The number of unbranched alkanes of at least 4 members (excludes halogenated alkanes) is 1. The number of aryl methyl sites for hydroxylation is 1. The van der Waals surface area contributed by atoms with Gasteiger partial charge in [0.15, 0.2) is 5.96 Å². The molecule has 2 bridgehead atoms. The zero-order chi connectivity index (χ0) is 18.4. The van der Waals surface area contributed by atoms with Crippen LogP contribution in [0.4, 0.5) is 5.69 Å². The van der Waals surface area contributed by atoms with Gasteiger partial charge in [-0.05, 0) is 51.0 Å². The number of aliphatic imine (C=N–C) groups is 1. The minimum Gasteiger partial charge on any atom is -0.373 e. The summed E-state index contributed by atoms with van der Waals surface area (Å²) in [5, 5.41) is 17.5. The van der Waals surface area contributed by atoms with Crippen molar-refractivity contribution >= 4 is 11.6 Å². The third-order valence-corrected chi connectivity index (χ3v) is 5.06. The second-order valence-electron chi connectivity index (χ2n) is 7.00. The fourth-order valence-corrected chi connectivity index (χ4v) is 3.70. The minimum absolute atomic E-state index is 0.143. The lowest BCUT2D eigenvalue weighted by Crippen LogP contribution is -2.47. The van der Waals surface area contributed by atoms with E-state index in [1.54, 1.807) is 12.1 Å². The van der Waals surface area contributed by atoms with Crippen molar-refractivity contribution in [1.29, 1.82) is 0 Å². The lowest BCUT2D eigenvalue weighted by Gasteiger charge is -2.22. The van der Waals surface area contributed by atoms with Gasteiger partial charge < -0.3 is 15.4 Å². The van der Waals surface area contributed by atoms with E-state index in [0.717, 1.165) is 56.7 Å². The molecule has 3 rings (SSSR count). The first-order valence-corrected chi connectivity index (χ1v) is 9.59. The van der Waals surface area contributed by atoms with Gasteiger partial charge in [-0.2, -0.15) is 0 Å². The number of benzene rings is 1. The summed E-state index contributed by atoms with van der Waals surface area (Å²) < 4.78 is 5.89. The van der Waals surface area contributed by atoms with Crippen molar-refractivity contribution in [2.45, 2.75) is 63.7 Å². The number of nitrogens with zero attached hydrogens (tertiary/aromatic N) is 2. The van der Waals surface area contributed by atoms with Gasteiger partial charge in [0.25, 0.3) is 5.69 Å². The molecule has 3 unspecified atom stereocenters. The third-order valence-electron chi connectivity index (χ3n) is 5.06. The van der Waals surface area contributed by atoms with E-state index in [2.05, 4.69) is 22.5 Å². The average molecular weight is 360 g/mol. The SMILES string of the molecule is CCNC(=NCCCCc1ccc([N+](=O)[O-])cc1)NC1CC2CCC1O2. The molecule has 2 saturated heterocycles. The molecular formula is C19H28N4O3. The lowest BCUT2D eigenvalue weighted by molar-refractivity contribution is -0.384. The Morgan fingerprint density at radius 2 is 2.12 bits per heavy atom. The van der Waals surface area contributed by atoms with Gasteiger partial charge in [-0.1, -0.05) is 12.1 Å². The molecule has 7 nitrogen and oxygen atoms in total. The largest absolute Gasteiger partial charge is 0.373 e. The highest BCUT2D eigenvalue weighted by Crippen LogP contribution is 2.34. The summed E-state index contributed by atoms with van der Waals surface area (Å²) in [6.07, 6.45) is 7.11. The van der Waals surface area contributed by atoms with Crippen molar-refractivity contribution in [2.24, 2.45) is 4.99 Å². The summed E-state index contributed by atoms with van der Waals surface area (Å²) in [7, 11) is 0. The lowest BCUT2D eigenvalue weighted by atomic mass is 9.96. The van der Waals surface area contributed by atoms with Gasteiger partial charge >= 0.3 is 0 Å². The Morgan fingerprint density at radius 3 is 2.73 bits per heavy atom. The van der Waals surface area contributed by atoms with Crippen molar-refractivity contribution in [2.75, 3.05) is 13.1 Å². The highest BCUT2D eigenvalue weighted by atomic mass is 16.6. The van der Waals surface area contributed by atoms with Crippen LogP contribution >= 0.6 is 0 Å². The van der Waals surface area contributed by atoms with Crippen LogP contribution in [-0.2, 0) is 11.2 Å². The molecule has 1 aromatic rings. The van der Waals surface area contributed by atoms with Crippen LogP contribution in [0.2, 0.25) is 0 Å². The molecule has 3 atom stereocenters. The second kappa shape index (κ2) is 8.98. The van der Waals surface area contributed by atoms with E-state index in [-0.39, 0.29) is 10.6 Å². The fourth-order valence-electron chi connectivity index (χ4n) is 3.70. The Morgan fingerprint density at radius 1 is 1.31 bits per heavy atom. The van der Waals surface area contributed by atoms with Crippen LogP contribution in [0, 0.1) is 10.1 Å². The molecule has 0 amide bonds. The number of ether oxygens (including phenoxy) is 1. The molecule has 26 heavy (non-hydrogen) atoms. The maximum absolute atomic E-state index is 10.7. The average Bonchev–Trinajstić information content (AvgIpc) is 3.25. The number of non-ortho nitro benzene ring substituents is 1. The Labute approximate surface area is 154 Å². The first-order valence-electron chi connectivity index (χ1n) is 9.59. The number of fused-ring (bicyclic) bond motifs is 2. The van der Waals surface area contributed by atoms with Crippen LogP contribution in [0.5, 0.6) is 0 Å². The summed E-state index contributed by atoms with van der Waals surface area (Å²) in [6.45, 7) is 3.68. The number of nitrogens with one attached hydrogen (secondary N) is 2. The molecule has 2 aliphatic rings. The van der Waals surface area contributed by atoms with Crippen molar-refractivity contribution < 1.29 is 9.66 Å². The zero-order valence-corrected chi connectivity index (χ0v) is 15.3. The maximum atomic E-state index is 10.7. The molecule has 2 fully saturated rings. The van der Waals surface area contributed by atoms with E-state index in [0.29, 0.717) is 18.2 Å². The number of nitro benzene ring substituents is 1. The zero-order valence-electron chi connectivity index (χ0n) is 15.3. The predicted molar refractivity (Wildman–Crippen MR) is 101 cm³/mol. The van der Waals surface area contributed by atoms with Crippen molar-refractivity contribution in [3.8, 4) is 0 Å². The monoisotopic (exact) mass is 360 g/mol. The van der Waals surface area contributed by atoms with E-state index in [1.807, 2.05) is 12.1 Å². The van der Waals surface area contributed by atoms with Crippen LogP contribution in [-0.4, -0.2) is 42.2 Å². The number of rotatable bonds is 8. The maximum Gasteiger partial charge on any atom is 0.269 e. The van der Waals surface area contributed by atoms with Gasteiger partial charge in [0.1, 0.15) is 0 Å². The summed E-state index contributed by atoms with van der Waals surface area (Å²) in [6, 6.07) is 7.19. The molecule has 2 N–H and O–H groups in total. The van der Waals surface area contributed by atoms with E-state index < -0.39 is 0 Å². The summed E-state index contributed by atoms with van der Waals surface area (Å²) in [5.41, 5.74) is 1.27. The molecular weight excluding hydrogens is 332 g/mol. The fraction of sp³-hybridized carbons (Fsp3) is 0.632. The number of hydrogen-bond acceptors (Lipinski definition) is 4. The molecule has 7 heteroatoms. The Kier molecular flexibility index (Phi) is 6.44.